The number of methoxy groups -OCH3 is 2. The molecule has 8 nitrogen and oxygen atoms in total. The van der Waals surface area contributed by atoms with E-state index < -0.39 is 0 Å². The predicted octanol–water partition coefficient (Wildman–Crippen LogP) is 2.71. The first kappa shape index (κ1) is 22.2. The highest BCUT2D eigenvalue weighted by Crippen LogP contribution is 2.29. The van der Waals surface area contributed by atoms with Crippen LogP contribution in [0.4, 0.5) is 0 Å². The van der Waals surface area contributed by atoms with Crippen molar-refractivity contribution in [2.45, 2.75) is 38.9 Å². The average molecular weight is 438 g/mol. The number of carbonyl (C=O) groups is 1. The number of aromatic nitrogens is 3. The summed E-state index contributed by atoms with van der Waals surface area (Å²) in [6.07, 6.45) is 1.16. The highest BCUT2D eigenvalue weighted by molar-refractivity contribution is 5.91. The van der Waals surface area contributed by atoms with Gasteiger partial charge in [0.05, 0.1) is 19.8 Å². The van der Waals surface area contributed by atoms with E-state index in [-0.39, 0.29) is 11.9 Å². The molecule has 0 aliphatic carbocycles. The van der Waals surface area contributed by atoms with Gasteiger partial charge in [-0.2, -0.15) is 0 Å². The van der Waals surface area contributed by atoms with Gasteiger partial charge in [0.2, 0.25) is 5.91 Å². The second-order valence-electron chi connectivity index (χ2n) is 8.16. The van der Waals surface area contributed by atoms with Crippen molar-refractivity contribution in [1.29, 1.82) is 0 Å². The van der Waals surface area contributed by atoms with Gasteiger partial charge in [-0.25, -0.2) is 0 Å². The van der Waals surface area contributed by atoms with E-state index in [4.69, 9.17) is 9.47 Å². The summed E-state index contributed by atoms with van der Waals surface area (Å²) in [4.78, 5) is 14.5. The van der Waals surface area contributed by atoms with Gasteiger partial charge >= 0.3 is 0 Å². The van der Waals surface area contributed by atoms with Crippen LogP contribution in [-0.4, -0.2) is 59.5 Å². The summed E-state index contributed by atoms with van der Waals surface area (Å²) in [6.45, 7) is 5.82. The van der Waals surface area contributed by atoms with Gasteiger partial charge < -0.3 is 19.4 Å². The maximum Gasteiger partial charge on any atom is 0.222 e. The van der Waals surface area contributed by atoms with Crippen molar-refractivity contribution >= 4 is 16.7 Å². The van der Waals surface area contributed by atoms with Crippen molar-refractivity contribution in [2.75, 3.05) is 33.9 Å². The maximum absolute atomic E-state index is 12.1. The molecule has 0 saturated heterocycles. The minimum Gasteiger partial charge on any atom is -0.496 e. The summed E-state index contributed by atoms with van der Waals surface area (Å²) in [5.41, 5.74) is 1.29. The number of amides is 1. The highest BCUT2D eigenvalue weighted by Gasteiger charge is 2.23. The van der Waals surface area contributed by atoms with Crippen LogP contribution >= 0.6 is 0 Å². The molecule has 2 aromatic carbocycles. The van der Waals surface area contributed by atoms with Gasteiger partial charge in [0, 0.05) is 51.5 Å². The molecule has 2 heterocycles. The Kier molecular flexibility index (Phi) is 7.02. The van der Waals surface area contributed by atoms with Crippen LogP contribution in [0.2, 0.25) is 0 Å². The normalized spacial score (nSPS) is 15.2. The first-order valence-corrected chi connectivity index (χ1v) is 11.1. The molecule has 0 fully saturated rings. The Labute approximate surface area is 188 Å². The van der Waals surface area contributed by atoms with Crippen LogP contribution < -0.4 is 10.1 Å². The van der Waals surface area contributed by atoms with Crippen LogP contribution in [0.3, 0.4) is 0 Å². The molecule has 4 rings (SSSR count). The third-order valence-corrected chi connectivity index (χ3v) is 6.03. The van der Waals surface area contributed by atoms with Crippen LogP contribution in [0, 0.1) is 0 Å². The molecule has 1 aliphatic heterocycles. The number of rotatable bonds is 8. The monoisotopic (exact) mass is 437 g/mol. The Morgan fingerprint density at radius 1 is 1.09 bits per heavy atom. The molecule has 0 spiro atoms. The summed E-state index contributed by atoms with van der Waals surface area (Å²) in [5.74, 6) is 2.64. The summed E-state index contributed by atoms with van der Waals surface area (Å²) in [5, 5.41) is 14.2. The van der Waals surface area contributed by atoms with Gasteiger partial charge in [0.1, 0.15) is 11.6 Å². The van der Waals surface area contributed by atoms with E-state index in [1.54, 1.807) is 14.2 Å². The fourth-order valence-corrected chi connectivity index (χ4v) is 4.33. The van der Waals surface area contributed by atoms with Crippen molar-refractivity contribution in [3.8, 4) is 5.75 Å². The number of hydrogen-bond acceptors (Lipinski definition) is 6. The van der Waals surface area contributed by atoms with Gasteiger partial charge in [0.15, 0.2) is 5.82 Å². The summed E-state index contributed by atoms with van der Waals surface area (Å²) < 4.78 is 12.7. The predicted molar refractivity (Wildman–Crippen MR) is 123 cm³/mol. The summed E-state index contributed by atoms with van der Waals surface area (Å²) in [6, 6.07) is 12.4. The molecule has 0 bridgehead atoms. The Hall–Kier alpha value is -2.97. The van der Waals surface area contributed by atoms with E-state index in [0.717, 1.165) is 55.4 Å². The SMILES string of the molecule is COCCC(=O)N[C@H](C)c1nnc2n1CCN(Cc1ccc(OC)c3ccccc13)CC2. The van der Waals surface area contributed by atoms with E-state index in [0.29, 0.717) is 13.0 Å². The Bertz CT molecular complexity index is 1080. The fourth-order valence-electron chi connectivity index (χ4n) is 4.33. The molecule has 8 heteroatoms. The fraction of sp³-hybridized carbons (Fsp3) is 0.458. The molecular weight excluding hydrogens is 406 g/mol. The van der Waals surface area contributed by atoms with Crippen molar-refractivity contribution in [2.24, 2.45) is 0 Å². The summed E-state index contributed by atoms with van der Waals surface area (Å²) >= 11 is 0. The Morgan fingerprint density at radius 2 is 1.91 bits per heavy atom. The lowest BCUT2D eigenvalue weighted by Gasteiger charge is -2.21. The van der Waals surface area contributed by atoms with Crippen LogP contribution in [0.1, 0.15) is 36.6 Å². The Balaban J connectivity index is 1.45. The highest BCUT2D eigenvalue weighted by atomic mass is 16.5. The van der Waals surface area contributed by atoms with Crippen molar-refractivity contribution < 1.29 is 14.3 Å². The topological polar surface area (TPSA) is 81.5 Å². The number of fused-ring (bicyclic) bond motifs is 2. The number of benzene rings is 2. The molecule has 0 saturated carbocycles. The number of carbonyl (C=O) groups excluding carboxylic acids is 1. The van der Waals surface area contributed by atoms with E-state index in [1.165, 1.54) is 10.9 Å². The molecule has 170 valence electrons. The van der Waals surface area contributed by atoms with Crippen LogP contribution in [0.5, 0.6) is 5.75 Å². The lowest BCUT2D eigenvalue weighted by Crippen LogP contribution is -2.30. The molecule has 1 aliphatic rings. The van der Waals surface area contributed by atoms with E-state index >= 15 is 0 Å². The molecule has 0 radical (unpaired) electrons. The number of ether oxygens (including phenoxy) is 2. The van der Waals surface area contributed by atoms with Crippen LogP contribution in [0.25, 0.3) is 10.8 Å². The molecular formula is C24H31N5O3. The molecule has 0 unspecified atom stereocenters. The van der Waals surface area contributed by atoms with E-state index in [1.807, 2.05) is 13.0 Å². The largest absolute Gasteiger partial charge is 0.496 e. The zero-order chi connectivity index (χ0) is 22.5. The smallest absolute Gasteiger partial charge is 0.222 e. The van der Waals surface area contributed by atoms with Crippen molar-refractivity contribution in [3.05, 3.63) is 53.6 Å². The minimum atomic E-state index is -0.197. The number of nitrogens with one attached hydrogen (secondary N) is 1. The minimum absolute atomic E-state index is 0.0432. The first-order chi connectivity index (χ1) is 15.6. The average Bonchev–Trinajstić information content (AvgIpc) is 3.12. The molecule has 32 heavy (non-hydrogen) atoms. The van der Waals surface area contributed by atoms with Crippen LogP contribution in [-0.2, 0) is 29.0 Å². The third kappa shape index (κ3) is 4.76. The van der Waals surface area contributed by atoms with E-state index in [2.05, 4.69) is 55.3 Å². The number of nitrogens with zero attached hydrogens (tertiary/aromatic N) is 4. The van der Waals surface area contributed by atoms with Crippen LogP contribution in [0.15, 0.2) is 36.4 Å². The van der Waals surface area contributed by atoms with Crippen molar-refractivity contribution in [1.82, 2.24) is 25.0 Å². The zero-order valence-electron chi connectivity index (χ0n) is 19.0. The quantitative estimate of drug-likeness (QED) is 0.584. The molecule has 1 aromatic heterocycles. The zero-order valence-corrected chi connectivity index (χ0v) is 19.0. The molecule has 1 N–H and O–H groups in total. The Morgan fingerprint density at radius 3 is 2.69 bits per heavy atom. The van der Waals surface area contributed by atoms with Gasteiger partial charge in [-0.15, -0.1) is 10.2 Å². The molecule has 3 aromatic rings. The van der Waals surface area contributed by atoms with Gasteiger partial charge in [-0.1, -0.05) is 30.3 Å². The lowest BCUT2D eigenvalue weighted by molar-refractivity contribution is -0.122. The maximum atomic E-state index is 12.1. The van der Waals surface area contributed by atoms with Crippen molar-refractivity contribution in [3.63, 3.8) is 0 Å². The van der Waals surface area contributed by atoms with Gasteiger partial charge in [0.25, 0.3) is 0 Å². The van der Waals surface area contributed by atoms with E-state index in [9.17, 15) is 4.79 Å². The lowest BCUT2D eigenvalue weighted by atomic mass is 10.0. The van der Waals surface area contributed by atoms with Gasteiger partial charge in [-0.3, -0.25) is 9.69 Å². The molecule has 1 amide bonds. The third-order valence-electron chi connectivity index (χ3n) is 6.03. The first-order valence-electron chi connectivity index (χ1n) is 11.1. The second-order valence-corrected chi connectivity index (χ2v) is 8.16. The summed E-state index contributed by atoms with van der Waals surface area (Å²) in [7, 11) is 3.31. The van der Waals surface area contributed by atoms with Gasteiger partial charge in [-0.05, 0) is 23.9 Å². The second kappa shape index (κ2) is 10.1. The molecule has 1 atom stereocenters. The number of hydrogen-bond donors (Lipinski definition) is 1. The standard InChI is InChI=1S/C24H31N5O3/c1-17(25-23(30)11-15-31-2)24-27-26-22-10-12-28(13-14-29(22)24)16-18-8-9-21(32-3)20-7-5-4-6-19(18)20/h4-9,17H,10-16H2,1-3H3,(H,25,30)/t17-/m1/s1.